The molecule has 0 saturated carbocycles. The summed E-state index contributed by atoms with van der Waals surface area (Å²) in [6.45, 7) is 2.69. The zero-order valence-electron chi connectivity index (χ0n) is 5.13. The second kappa shape index (κ2) is 11.4. The standard InChI is InChI=1S/2C2H4OS.Sn/c2*1-2(3)4;/h2*1H3,(H,3,4);/q;;+2/p-2. The smallest absolute Gasteiger partial charge is 0.742 e. The molecule has 0 heterocycles. The summed E-state index contributed by atoms with van der Waals surface area (Å²) in [5, 5.41) is -0.500. The van der Waals surface area contributed by atoms with Crippen LogP contribution in [0.25, 0.3) is 0 Å². The maximum atomic E-state index is 9.26. The molecule has 0 saturated heterocycles. The molecule has 0 aromatic rings. The minimum Gasteiger partial charge on any atom is -0.742 e. The maximum Gasteiger partial charge on any atom is 2.00 e. The predicted octanol–water partition coefficient (Wildman–Crippen LogP) is -0.221. The first-order valence-electron chi connectivity index (χ1n) is 1.82. The van der Waals surface area contributed by atoms with Crippen LogP contribution in [0.1, 0.15) is 13.8 Å². The van der Waals surface area contributed by atoms with E-state index in [0.717, 1.165) is 0 Å². The van der Waals surface area contributed by atoms with Crippen LogP contribution in [-0.2, 0) is 34.8 Å². The van der Waals surface area contributed by atoms with Crippen LogP contribution in [0.15, 0.2) is 0 Å². The van der Waals surface area contributed by atoms with Crippen molar-refractivity contribution in [1.29, 1.82) is 0 Å². The Morgan fingerprint density at radius 3 is 1.00 bits per heavy atom. The first kappa shape index (κ1) is 16.3. The number of rotatable bonds is 0. The molecule has 0 fully saturated rings. The van der Waals surface area contributed by atoms with Crippen LogP contribution in [0.2, 0.25) is 0 Å². The molecule has 0 aliphatic rings. The Morgan fingerprint density at radius 2 is 1.00 bits per heavy atom. The Hall–Kier alpha value is 0.579. The van der Waals surface area contributed by atoms with Gasteiger partial charge in [0, 0.05) is 10.2 Å². The van der Waals surface area contributed by atoms with Crippen molar-refractivity contribution in [3.05, 3.63) is 0 Å². The summed E-state index contributed by atoms with van der Waals surface area (Å²) in [6.07, 6.45) is 0. The average Bonchev–Trinajstić information content (AvgIpc) is 1.25. The van der Waals surface area contributed by atoms with Crippen LogP contribution in [0.4, 0.5) is 0 Å². The van der Waals surface area contributed by atoms with Crippen molar-refractivity contribution in [3.63, 3.8) is 0 Å². The van der Waals surface area contributed by atoms with Gasteiger partial charge in [-0.05, 0) is 13.8 Å². The molecule has 2 radical (unpaired) electrons. The molecular formula is C4H6O2S2Sn. The van der Waals surface area contributed by atoms with Crippen molar-refractivity contribution in [2.45, 2.75) is 13.8 Å². The van der Waals surface area contributed by atoms with Gasteiger partial charge in [-0.2, -0.15) is 0 Å². The van der Waals surface area contributed by atoms with Crippen molar-refractivity contribution in [1.82, 2.24) is 0 Å². The fraction of sp³-hybridized carbons (Fsp3) is 0.500. The van der Waals surface area contributed by atoms with Gasteiger partial charge in [-0.1, -0.05) is 0 Å². The summed E-state index contributed by atoms with van der Waals surface area (Å²) in [6, 6.07) is 0. The molecule has 2 nitrogen and oxygen atoms in total. The minimum absolute atomic E-state index is 0. The molecule has 5 heteroatoms. The van der Waals surface area contributed by atoms with E-state index in [2.05, 4.69) is 25.3 Å². The Morgan fingerprint density at radius 1 is 1.00 bits per heavy atom. The Balaban J connectivity index is -0.0000000720. The largest absolute Gasteiger partial charge is 2.00 e. The molecular weight excluding hydrogens is 263 g/mol. The summed E-state index contributed by atoms with van der Waals surface area (Å²) in [7, 11) is 0. The van der Waals surface area contributed by atoms with Gasteiger partial charge in [0.1, 0.15) is 0 Å². The van der Waals surface area contributed by atoms with E-state index in [1.807, 2.05) is 0 Å². The SMILES string of the molecule is CC(=O)[S-].CC(=O)[S-].[Sn+2]. The van der Waals surface area contributed by atoms with Crippen molar-refractivity contribution < 1.29 is 9.59 Å². The van der Waals surface area contributed by atoms with Crippen LogP contribution in [0.3, 0.4) is 0 Å². The number of carbonyl (C=O) groups is 2. The minimum atomic E-state index is -0.250. The van der Waals surface area contributed by atoms with Crippen molar-refractivity contribution in [2.24, 2.45) is 0 Å². The molecule has 0 rings (SSSR count). The van der Waals surface area contributed by atoms with Gasteiger partial charge < -0.3 is 34.8 Å². The molecule has 9 heavy (non-hydrogen) atoms. The van der Waals surface area contributed by atoms with Crippen molar-refractivity contribution >= 4 is 59.4 Å². The van der Waals surface area contributed by atoms with E-state index in [-0.39, 0.29) is 34.1 Å². The van der Waals surface area contributed by atoms with E-state index in [9.17, 15) is 9.59 Å². The van der Waals surface area contributed by atoms with Crippen LogP contribution < -0.4 is 0 Å². The van der Waals surface area contributed by atoms with Gasteiger partial charge in [0.15, 0.2) is 0 Å². The molecule has 0 N–H and O–H groups in total. The molecule has 0 unspecified atom stereocenters. The van der Waals surface area contributed by atoms with Crippen LogP contribution >= 0.6 is 0 Å². The molecule has 0 aliphatic heterocycles. The fourth-order valence-electron chi connectivity index (χ4n) is 0. The van der Waals surface area contributed by atoms with Gasteiger partial charge in [-0.3, -0.25) is 0 Å². The Labute approximate surface area is 82.6 Å². The topological polar surface area (TPSA) is 34.1 Å². The van der Waals surface area contributed by atoms with E-state index in [1.165, 1.54) is 13.8 Å². The maximum absolute atomic E-state index is 9.26. The second-order valence-corrected chi connectivity index (χ2v) is 2.13. The number of hydrogen-bond acceptors (Lipinski definition) is 4. The molecule has 0 atom stereocenters. The zero-order chi connectivity index (χ0) is 7.15. The predicted molar refractivity (Wildman–Crippen MR) is 41.8 cm³/mol. The summed E-state index contributed by atoms with van der Waals surface area (Å²) in [4.78, 5) is 18.5. The van der Waals surface area contributed by atoms with E-state index < -0.39 is 0 Å². The van der Waals surface area contributed by atoms with Crippen molar-refractivity contribution in [2.75, 3.05) is 0 Å². The summed E-state index contributed by atoms with van der Waals surface area (Å²) in [5.41, 5.74) is 0. The third kappa shape index (κ3) is 1110. The number of hydrogen-bond donors (Lipinski definition) is 0. The van der Waals surface area contributed by atoms with Crippen molar-refractivity contribution in [3.8, 4) is 0 Å². The molecule has 0 aliphatic carbocycles. The first-order valence-corrected chi connectivity index (χ1v) is 2.63. The van der Waals surface area contributed by atoms with E-state index in [1.54, 1.807) is 0 Å². The Bertz CT molecular complexity index is 74.6. The van der Waals surface area contributed by atoms with Gasteiger partial charge in [0.2, 0.25) is 0 Å². The third-order valence-electron chi connectivity index (χ3n) is 0. The summed E-state index contributed by atoms with van der Waals surface area (Å²) < 4.78 is 0. The van der Waals surface area contributed by atoms with E-state index in [0.29, 0.717) is 0 Å². The molecule has 0 amide bonds. The van der Waals surface area contributed by atoms with Gasteiger partial charge in [-0.15, -0.1) is 0 Å². The Kier molecular flexibility index (Phi) is 20.6. The molecule has 0 aromatic heterocycles. The molecule has 50 valence electrons. The third-order valence-corrected chi connectivity index (χ3v) is 0. The molecule has 0 spiro atoms. The van der Waals surface area contributed by atoms with Crippen LogP contribution in [0.5, 0.6) is 0 Å². The second-order valence-electron chi connectivity index (χ2n) is 0.983. The van der Waals surface area contributed by atoms with E-state index >= 15 is 0 Å². The fourth-order valence-corrected chi connectivity index (χ4v) is 0. The van der Waals surface area contributed by atoms with Gasteiger partial charge in [0.25, 0.3) is 0 Å². The van der Waals surface area contributed by atoms with Gasteiger partial charge in [0.05, 0.1) is 0 Å². The molecule has 0 bridgehead atoms. The number of carbonyl (C=O) groups excluding carboxylic acids is 2. The van der Waals surface area contributed by atoms with Gasteiger partial charge >= 0.3 is 23.9 Å². The van der Waals surface area contributed by atoms with Crippen LogP contribution in [0, 0.1) is 0 Å². The quantitative estimate of drug-likeness (QED) is 0.449. The van der Waals surface area contributed by atoms with Gasteiger partial charge in [-0.25, -0.2) is 0 Å². The summed E-state index contributed by atoms with van der Waals surface area (Å²) in [5.74, 6) is 0. The van der Waals surface area contributed by atoms with Crippen LogP contribution in [-0.4, -0.2) is 34.1 Å². The monoisotopic (exact) mass is 270 g/mol. The summed E-state index contributed by atoms with van der Waals surface area (Å²) >= 11 is 7.96. The average molecular weight is 269 g/mol. The normalized spacial score (nSPS) is 5.56. The van der Waals surface area contributed by atoms with E-state index in [4.69, 9.17) is 0 Å². The zero-order valence-corrected chi connectivity index (χ0v) is 9.62. The molecule has 0 aromatic carbocycles. The first-order chi connectivity index (χ1) is 3.46.